The molecule has 0 bridgehead atoms. The second kappa shape index (κ2) is 5.84. The molecule has 1 atom stereocenters. The van der Waals surface area contributed by atoms with Gasteiger partial charge in [0.15, 0.2) is 0 Å². The number of rotatable bonds is 3. The van der Waals surface area contributed by atoms with Crippen molar-refractivity contribution in [2.45, 2.75) is 6.04 Å². The fraction of sp³-hybridized carbons (Fsp3) is 0.0625. The lowest BCUT2D eigenvalue weighted by molar-refractivity contribution is -0.384. The highest BCUT2D eigenvalue weighted by Gasteiger charge is 2.36. The molecule has 1 aliphatic rings. The lowest BCUT2D eigenvalue weighted by atomic mass is 9.96. The summed E-state index contributed by atoms with van der Waals surface area (Å²) in [6.07, 6.45) is 1.49. The van der Waals surface area contributed by atoms with Crippen LogP contribution in [-0.4, -0.2) is 35.3 Å². The number of nitro groups is 1. The van der Waals surface area contributed by atoms with E-state index in [1.807, 2.05) is 0 Å². The Labute approximate surface area is 155 Å². The summed E-state index contributed by atoms with van der Waals surface area (Å²) in [6.45, 7) is 0. The minimum absolute atomic E-state index is 0.0966. The van der Waals surface area contributed by atoms with Crippen LogP contribution in [0.2, 0.25) is 0 Å². The largest absolute Gasteiger partial charge is 0.467 e. The monoisotopic (exact) mass is 378 g/mol. The Morgan fingerprint density at radius 3 is 2.93 bits per heavy atom. The van der Waals surface area contributed by atoms with Gasteiger partial charge in [-0.1, -0.05) is 17.2 Å². The van der Waals surface area contributed by atoms with Crippen LogP contribution in [0.4, 0.5) is 17.3 Å². The molecule has 3 aromatic heterocycles. The van der Waals surface area contributed by atoms with E-state index < -0.39 is 16.5 Å². The minimum Gasteiger partial charge on any atom is -0.467 e. The maximum atomic E-state index is 12.5. The van der Waals surface area contributed by atoms with Crippen molar-refractivity contribution in [2.75, 3.05) is 5.32 Å². The molecule has 12 heteroatoms. The van der Waals surface area contributed by atoms with Gasteiger partial charge in [-0.05, 0) is 22.6 Å². The van der Waals surface area contributed by atoms with Crippen LogP contribution >= 0.6 is 0 Å². The molecular formula is C16H10N8O4. The third-order valence-corrected chi connectivity index (χ3v) is 4.41. The van der Waals surface area contributed by atoms with E-state index in [0.29, 0.717) is 22.6 Å². The topological polar surface area (TPSA) is 158 Å². The van der Waals surface area contributed by atoms with Gasteiger partial charge >= 0.3 is 0 Å². The molecule has 0 amide bonds. The molecular weight excluding hydrogens is 368 g/mol. The van der Waals surface area contributed by atoms with Crippen LogP contribution < -0.4 is 10.9 Å². The average Bonchev–Trinajstić information content (AvgIpc) is 3.39. The average molecular weight is 378 g/mol. The van der Waals surface area contributed by atoms with Gasteiger partial charge in [0.2, 0.25) is 5.95 Å². The Kier molecular flexibility index (Phi) is 3.31. The fourth-order valence-corrected chi connectivity index (χ4v) is 3.23. The number of tetrazole rings is 1. The second-order valence-electron chi connectivity index (χ2n) is 5.99. The summed E-state index contributed by atoms with van der Waals surface area (Å²) in [5.41, 5.74) is 0.861. The lowest BCUT2D eigenvalue weighted by Crippen LogP contribution is -2.28. The number of fused-ring (bicyclic) bond motifs is 2. The minimum atomic E-state index is -0.680. The molecule has 0 spiro atoms. The van der Waals surface area contributed by atoms with E-state index in [2.05, 4.69) is 31.0 Å². The summed E-state index contributed by atoms with van der Waals surface area (Å²) in [6, 6.07) is 8.73. The quantitative estimate of drug-likeness (QED) is 0.351. The van der Waals surface area contributed by atoms with Gasteiger partial charge in [-0.15, -0.1) is 0 Å². The van der Waals surface area contributed by atoms with Crippen molar-refractivity contribution < 1.29 is 9.34 Å². The van der Waals surface area contributed by atoms with Gasteiger partial charge in [-0.25, -0.2) is 5.10 Å². The highest BCUT2D eigenvalue weighted by atomic mass is 16.6. The second-order valence-corrected chi connectivity index (χ2v) is 5.99. The number of aromatic nitrogens is 6. The van der Waals surface area contributed by atoms with Gasteiger partial charge in [0.25, 0.3) is 11.2 Å². The molecule has 1 aromatic carbocycles. The molecule has 4 heterocycles. The Hall–Kier alpha value is -4.35. The summed E-state index contributed by atoms with van der Waals surface area (Å²) in [7, 11) is 0. The normalized spacial score (nSPS) is 14.8. The molecule has 0 saturated carbocycles. The van der Waals surface area contributed by atoms with Gasteiger partial charge in [-0.3, -0.25) is 14.9 Å². The summed E-state index contributed by atoms with van der Waals surface area (Å²) in [5.74, 6) is 0.742. The van der Waals surface area contributed by atoms with Gasteiger partial charge in [0, 0.05) is 23.3 Å². The summed E-state index contributed by atoms with van der Waals surface area (Å²) in [4.78, 5) is 23.2. The number of benzene rings is 1. The number of non-ortho nitro benzene ring substituents is 1. The molecule has 0 fully saturated rings. The Morgan fingerprint density at radius 1 is 1.25 bits per heavy atom. The highest BCUT2D eigenvalue weighted by Crippen LogP contribution is 2.41. The first kappa shape index (κ1) is 15.9. The van der Waals surface area contributed by atoms with E-state index in [1.165, 1.54) is 23.1 Å². The molecule has 4 aromatic rings. The molecule has 5 rings (SSSR count). The van der Waals surface area contributed by atoms with Gasteiger partial charge in [0.1, 0.15) is 17.5 Å². The first-order chi connectivity index (χ1) is 13.6. The maximum absolute atomic E-state index is 12.5. The first-order valence-electron chi connectivity index (χ1n) is 8.09. The van der Waals surface area contributed by atoms with Crippen LogP contribution in [0.5, 0.6) is 0 Å². The standard InChI is InChI=1S/C16H10N8O4/c25-15-13-11(12(18-19-15)8-3-1-4-9(7-8)24(26)27)14(10-5-2-6-28-10)23-16(17-13)20-21-22-23/h1-7,14H,(H,19,25)(H,17,20,22)/t14-/m1/s1. The number of aromatic amines is 1. The molecule has 2 N–H and O–H groups in total. The van der Waals surface area contributed by atoms with Crippen molar-refractivity contribution in [1.29, 1.82) is 0 Å². The molecule has 0 saturated heterocycles. The fourth-order valence-electron chi connectivity index (χ4n) is 3.23. The third kappa shape index (κ3) is 2.28. The van der Waals surface area contributed by atoms with Gasteiger partial charge in [0.05, 0.1) is 16.9 Å². The summed E-state index contributed by atoms with van der Waals surface area (Å²) in [5, 5.41) is 32.2. The summed E-state index contributed by atoms with van der Waals surface area (Å²) < 4.78 is 7.02. The van der Waals surface area contributed by atoms with Crippen LogP contribution in [0, 0.1) is 10.1 Å². The van der Waals surface area contributed by atoms with Gasteiger partial charge < -0.3 is 9.73 Å². The molecule has 1 aliphatic heterocycles. The van der Waals surface area contributed by atoms with E-state index in [9.17, 15) is 14.9 Å². The van der Waals surface area contributed by atoms with Crippen molar-refractivity contribution in [3.63, 3.8) is 0 Å². The Balaban J connectivity index is 1.81. The first-order valence-corrected chi connectivity index (χ1v) is 8.09. The van der Waals surface area contributed by atoms with Crippen molar-refractivity contribution in [2.24, 2.45) is 0 Å². The number of nitrogens with one attached hydrogen (secondary N) is 2. The predicted octanol–water partition coefficient (Wildman–Crippen LogP) is 1.62. The zero-order valence-electron chi connectivity index (χ0n) is 13.9. The van der Waals surface area contributed by atoms with E-state index in [4.69, 9.17) is 4.42 Å². The molecule has 0 aliphatic carbocycles. The number of hydrogen-bond donors (Lipinski definition) is 2. The van der Waals surface area contributed by atoms with Crippen LogP contribution in [0.1, 0.15) is 17.4 Å². The van der Waals surface area contributed by atoms with Crippen molar-refractivity contribution >= 4 is 17.3 Å². The number of furan rings is 1. The lowest BCUT2D eigenvalue weighted by Gasteiger charge is -2.26. The molecule has 28 heavy (non-hydrogen) atoms. The molecule has 0 radical (unpaired) electrons. The van der Waals surface area contributed by atoms with E-state index >= 15 is 0 Å². The van der Waals surface area contributed by atoms with E-state index in [-0.39, 0.29) is 17.3 Å². The molecule has 138 valence electrons. The van der Waals surface area contributed by atoms with Crippen molar-refractivity contribution in [3.05, 3.63) is 74.5 Å². The SMILES string of the molecule is O=c1[nH]nc(-c2cccc([N+](=O)[O-])c2)c2c1Nc1nnnn1[C@@H]2c1ccco1. The van der Waals surface area contributed by atoms with Crippen molar-refractivity contribution in [1.82, 2.24) is 30.4 Å². The maximum Gasteiger partial charge on any atom is 0.288 e. The van der Waals surface area contributed by atoms with Crippen LogP contribution in [0.3, 0.4) is 0 Å². The van der Waals surface area contributed by atoms with E-state index in [1.54, 1.807) is 24.3 Å². The van der Waals surface area contributed by atoms with E-state index in [0.717, 1.165) is 0 Å². The zero-order chi connectivity index (χ0) is 19.3. The highest BCUT2D eigenvalue weighted by molar-refractivity contribution is 5.76. The molecule has 12 nitrogen and oxygen atoms in total. The van der Waals surface area contributed by atoms with Crippen molar-refractivity contribution in [3.8, 4) is 11.3 Å². The van der Waals surface area contributed by atoms with Gasteiger partial charge in [-0.2, -0.15) is 9.78 Å². The number of nitro benzene ring substituents is 1. The number of H-pyrrole nitrogens is 1. The summed E-state index contributed by atoms with van der Waals surface area (Å²) >= 11 is 0. The predicted molar refractivity (Wildman–Crippen MR) is 94.0 cm³/mol. The zero-order valence-corrected chi connectivity index (χ0v) is 13.9. The third-order valence-electron chi connectivity index (χ3n) is 4.41. The Bertz CT molecular complexity index is 1260. The number of nitrogens with zero attached hydrogens (tertiary/aromatic N) is 6. The smallest absolute Gasteiger partial charge is 0.288 e. The van der Waals surface area contributed by atoms with Crippen LogP contribution in [0.15, 0.2) is 51.9 Å². The van der Waals surface area contributed by atoms with Crippen LogP contribution in [0.25, 0.3) is 11.3 Å². The van der Waals surface area contributed by atoms with Crippen LogP contribution in [-0.2, 0) is 0 Å². The number of anilines is 2. The molecule has 0 unspecified atom stereocenters. The number of hydrogen-bond acceptors (Lipinski definition) is 9. The Morgan fingerprint density at radius 2 is 2.14 bits per heavy atom.